The van der Waals surface area contributed by atoms with Crippen LogP contribution in [0.4, 0.5) is 0 Å². The normalized spacial score (nSPS) is 11.1. The van der Waals surface area contributed by atoms with Crippen molar-refractivity contribution in [2.75, 3.05) is 7.11 Å². The van der Waals surface area contributed by atoms with Gasteiger partial charge in [0.25, 0.3) is 0 Å². The number of nitrogens with one attached hydrogen (secondary N) is 1. The Bertz CT molecular complexity index is 815. The van der Waals surface area contributed by atoms with E-state index in [4.69, 9.17) is 4.74 Å². The largest absolute Gasteiger partial charge is 0.497 e. The van der Waals surface area contributed by atoms with Crippen molar-refractivity contribution in [2.45, 2.75) is 0 Å². The van der Waals surface area contributed by atoms with Crippen LogP contribution in [0.15, 0.2) is 60.8 Å². The van der Waals surface area contributed by atoms with Crippen LogP contribution in [-0.2, 0) is 0 Å². The zero-order chi connectivity index (χ0) is 14.7. The van der Waals surface area contributed by atoms with Gasteiger partial charge in [0, 0.05) is 22.7 Å². The number of hydrogen-bond donors (Lipinski definition) is 1. The van der Waals surface area contributed by atoms with Crippen molar-refractivity contribution in [2.24, 2.45) is 0 Å². The fraction of sp³-hybridized carbons (Fsp3) is 0.0556. The Balaban J connectivity index is 1.86. The van der Waals surface area contributed by atoms with Crippen LogP contribution in [0, 0.1) is 0 Å². The number of benzene rings is 2. The van der Waals surface area contributed by atoms with Crippen LogP contribution in [0.5, 0.6) is 5.75 Å². The minimum absolute atomic E-state index is 0.0424. The molecule has 0 saturated heterocycles. The smallest absolute Gasteiger partial charge is 0.185 e. The van der Waals surface area contributed by atoms with Crippen LogP contribution in [0.25, 0.3) is 17.0 Å². The summed E-state index contributed by atoms with van der Waals surface area (Å²) >= 11 is 0. The molecule has 3 aromatic rings. The molecule has 0 spiro atoms. The van der Waals surface area contributed by atoms with Gasteiger partial charge in [-0.05, 0) is 35.9 Å². The Morgan fingerprint density at radius 2 is 2.00 bits per heavy atom. The van der Waals surface area contributed by atoms with Crippen LogP contribution in [0.3, 0.4) is 0 Å². The first kappa shape index (κ1) is 13.2. The number of aromatic amines is 1. The van der Waals surface area contributed by atoms with Crippen LogP contribution in [-0.4, -0.2) is 17.9 Å². The number of hydrogen-bond acceptors (Lipinski definition) is 2. The minimum atomic E-state index is -0.0424. The quantitative estimate of drug-likeness (QED) is 0.577. The van der Waals surface area contributed by atoms with Crippen molar-refractivity contribution in [1.82, 2.24) is 4.98 Å². The number of ketones is 1. The first-order chi connectivity index (χ1) is 10.3. The lowest BCUT2D eigenvalue weighted by molar-refractivity contribution is 0.104. The molecule has 21 heavy (non-hydrogen) atoms. The van der Waals surface area contributed by atoms with Crippen molar-refractivity contribution in [3.63, 3.8) is 0 Å². The van der Waals surface area contributed by atoms with E-state index in [1.165, 1.54) is 0 Å². The summed E-state index contributed by atoms with van der Waals surface area (Å²) in [6, 6.07) is 15.2. The number of fused-ring (bicyclic) bond motifs is 1. The van der Waals surface area contributed by atoms with Crippen LogP contribution in [0.1, 0.15) is 15.9 Å². The molecule has 104 valence electrons. The number of methoxy groups -OCH3 is 1. The summed E-state index contributed by atoms with van der Waals surface area (Å²) in [6.45, 7) is 0. The number of ether oxygens (including phenoxy) is 1. The van der Waals surface area contributed by atoms with Crippen molar-refractivity contribution in [1.29, 1.82) is 0 Å². The predicted octanol–water partition coefficient (Wildman–Crippen LogP) is 4.07. The lowest BCUT2D eigenvalue weighted by Crippen LogP contribution is -1.94. The molecule has 1 N–H and O–H groups in total. The zero-order valence-corrected chi connectivity index (χ0v) is 11.7. The van der Waals surface area contributed by atoms with Gasteiger partial charge in [-0.3, -0.25) is 4.79 Å². The Morgan fingerprint density at radius 3 is 2.86 bits per heavy atom. The molecule has 0 amide bonds. The summed E-state index contributed by atoms with van der Waals surface area (Å²) in [7, 11) is 1.59. The van der Waals surface area contributed by atoms with Crippen LogP contribution < -0.4 is 4.74 Å². The van der Waals surface area contributed by atoms with E-state index < -0.39 is 0 Å². The molecule has 3 rings (SSSR count). The van der Waals surface area contributed by atoms with Crippen molar-refractivity contribution >= 4 is 22.8 Å². The van der Waals surface area contributed by atoms with E-state index in [1.54, 1.807) is 25.3 Å². The molecule has 0 unspecified atom stereocenters. The Hall–Kier alpha value is -2.81. The van der Waals surface area contributed by atoms with E-state index in [-0.39, 0.29) is 5.78 Å². The Morgan fingerprint density at radius 1 is 1.14 bits per heavy atom. The SMILES string of the molecule is COc1cccc(C(=O)/C=C/c2c[nH]c3ccccc23)c1. The highest BCUT2D eigenvalue weighted by Gasteiger charge is 2.04. The van der Waals surface area contributed by atoms with Gasteiger partial charge in [-0.1, -0.05) is 30.3 Å². The van der Waals surface area contributed by atoms with E-state index in [0.29, 0.717) is 11.3 Å². The number of allylic oxidation sites excluding steroid dienone is 1. The fourth-order valence-corrected chi connectivity index (χ4v) is 2.27. The second-order valence-electron chi connectivity index (χ2n) is 4.72. The summed E-state index contributed by atoms with van der Waals surface area (Å²) in [5.41, 5.74) is 2.68. The predicted molar refractivity (Wildman–Crippen MR) is 84.7 cm³/mol. The molecule has 0 bridgehead atoms. The molecule has 0 aliphatic rings. The Labute approximate surface area is 122 Å². The van der Waals surface area contributed by atoms with Gasteiger partial charge in [0.05, 0.1) is 7.11 Å². The first-order valence-corrected chi connectivity index (χ1v) is 6.70. The van der Waals surface area contributed by atoms with Crippen LogP contribution in [0.2, 0.25) is 0 Å². The second-order valence-corrected chi connectivity index (χ2v) is 4.72. The molecule has 0 atom stereocenters. The minimum Gasteiger partial charge on any atom is -0.497 e. The number of carbonyl (C=O) groups excluding carboxylic acids is 1. The maximum Gasteiger partial charge on any atom is 0.185 e. The van der Waals surface area contributed by atoms with E-state index in [0.717, 1.165) is 16.5 Å². The zero-order valence-electron chi connectivity index (χ0n) is 11.7. The lowest BCUT2D eigenvalue weighted by Gasteiger charge is -2.00. The molecular formula is C18H15NO2. The van der Waals surface area contributed by atoms with Gasteiger partial charge >= 0.3 is 0 Å². The molecule has 2 aromatic carbocycles. The summed E-state index contributed by atoms with van der Waals surface area (Å²) < 4.78 is 5.13. The second kappa shape index (κ2) is 5.67. The van der Waals surface area contributed by atoms with Gasteiger partial charge in [0.1, 0.15) is 5.75 Å². The molecule has 1 aromatic heterocycles. The molecule has 3 heteroatoms. The topological polar surface area (TPSA) is 42.1 Å². The van der Waals surface area contributed by atoms with Gasteiger partial charge in [0.15, 0.2) is 5.78 Å². The molecule has 0 saturated carbocycles. The molecule has 0 fully saturated rings. The van der Waals surface area contributed by atoms with Gasteiger partial charge in [0.2, 0.25) is 0 Å². The summed E-state index contributed by atoms with van der Waals surface area (Å²) in [6.07, 6.45) is 5.32. The average molecular weight is 277 g/mol. The third-order valence-electron chi connectivity index (χ3n) is 3.39. The van der Waals surface area contributed by atoms with Gasteiger partial charge in [-0.15, -0.1) is 0 Å². The summed E-state index contributed by atoms with van der Waals surface area (Å²) in [5.74, 6) is 0.639. The molecule has 0 aliphatic carbocycles. The van der Waals surface area contributed by atoms with E-state index in [9.17, 15) is 4.79 Å². The van der Waals surface area contributed by atoms with Gasteiger partial charge in [-0.25, -0.2) is 0 Å². The molecule has 0 radical (unpaired) electrons. The van der Waals surface area contributed by atoms with E-state index in [1.807, 2.05) is 48.7 Å². The highest BCUT2D eigenvalue weighted by atomic mass is 16.5. The first-order valence-electron chi connectivity index (χ1n) is 6.70. The molecular weight excluding hydrogens is 262 g/mol. The molecule has 3 nitrogen and oxygen atoms in total. The van der Waals surface area contributed by atoms with Crippen LogP contribution >= 0.6 is 0 Å². The van der Waals surface area contributed by atoms with Gasteiger partial charge < -0.3 is 9.72 Å². The molecule has 0 aliphatic heterocycles. The third kappa shape index (κ3) is 2.72. The monoisotopic (exact) mass is 277 g/mol. The maximum atomic E-state index is 12.2. The fourth-order valence-electron chi connectivity index (χ4n) is 2.27. The van der Waals surface area contributed by atoms with E-state index >= 15 is 0 Å². The number of carbonyl (C=O) groups is 1. The summed E-state index contributed by atoms with van der Waals surface area (Å²) in [4.78, 5) is 15.4. The van der Waals surface area contributed by atoms with Crippen molar-refractivity contribution in [3.8, 4) is 5.75 Å². The van der Waals surface area contributed by atoms with E-state index in [2.05, 4.69) is 4.98 Å². The maximum absolute atomic E-state index is 12.2. The highest BCUT2D eigenvalue weighted by molar-refractivity contribution is 6.08. The highest BCUT2D eigenvalue weighted by Crippen LogP contribution is 2.19. The number of H-pyrrole nitrogens is 1. The number of aromatic nitrogens is 1. The number of para-hydroxylation sites is 1. The molecule has 1 heterocycles. The van der Waals surface area contributed by atoms with Crippen molar-refractivity contribution in [3.05, 3.63) is 71.9 Å². The third-order valence-corrected chi connectivity index (χ3v) is 3.39. The number of rotatable bonds is 4. The lowest BCUT2D eigenvalue weighted by atomic mass is 10.1. The average Bonchev–Trinajstić information content (AvgIpc) is 2.96. The standard InChI is InChI=1S/C18H15NO2/c1-21-15-6-4-5-13(11-15)18(20)10-9-14-12-19-17-8-3-2-7-16(14)17/h2-12,19H,1H3/b10-9+. The van der Waals surface area contributed by atoms with Crippen molar-refractivity contribution < 1.29 is 9.53 Å². The summed E-state index contributed by atoms with van der Waals surface area (Å²) in [5, 5.41) is 1.10. The Kier molecular flexibility index (Phi) is 3.56. The van der Waals surface area contributed by atoms with Gasteiger partial charge in [-0.2, -0.15) is 0 Å².